The van der Waals surface area contributed by atoms with Gasteiger partial charge in [0.05, 0.1) is 0 Å². The van der Waals surface area contributed by atoms with Gasteiger partial charge in [-0.05, 0) is 67.2 Å². The summed E-state index contributed by atoms with van der Waals surface area (Å²) in [4.78, 5) is 33.6. The van der Waals surface area contributed by atoms with Crippen LogP contribution in [0.4, 0.5) is 14.4 Å². The SMILES string of the molecule is CCN(CC)C(=O)[O-].CCN(CC)C(=O)[O-].CCN(CC)C(=O)[O-].[CH-]1CCCC2=C1CC1=C2CCCC1.[Ti+4]. The third-order valence-corrected chi connectivity index (χ3v) is 6.82. The third-order valence-electron chi connectivity index (χ3n) is 6.82. The van der Waals surface area contributed by atoms with Gasteiger partial charge in [-0.25, -0.2) is 12.0 Å². The Morgan fingerprint density at radius 2 is 1.00 bits per heavy atom. The molecule has 0 aliphatic heterocycles. The van der Waals surface area contributed by atoms with Crippen molar-refractivity contribution in [2.75, 3.05) is 39.3 Å². The average Bonchev–Trinajstić information content (AvgIpc) is 3.26. The first-order valence-corrected chi connectivity index (χ1v) is 13.8. The maximum atomic E-state index is 9.98. The van der Waals surface area contributed by atoms with Crippen LogP contribution in [0.3, 0.4) is 0 Å². The molecule has 0 bridgehead atoms. The quantitative estimate of drug-likeness (QED) is 0.357. The summed E-state index contributed by atoms with van der Waals surface area (Å²) < 4.78 is 0. The van der Waals surface area contributed by atoms with E-state index in [1.807, 2.05) is 0 Å². The Hall–Kier alpha value is -2.13. The first kappa shape index (κ1) is 38.0. The Kier molecular flexibility index (Phi) is 21.8. The van der Waals surface area contributed by atoms with Crippen molar-refractivity contribution in [3.8, 4) is 0 Å². The van der Waals surface area contributed by atoms with Gasteiger partial charge in [0.2, 0.25) is 0 Å². The minimum Gasteiger partial charge on any atom is -0.530 e. The van der Waals surface area contributed by atoms with Gasteiger partial charge in [0.25, 0.3) is 0 Å². The van der Waals surface area contributed by atoms with Crippen LogP contribution in [0.2, 0.25) is 0 Å². The molecule has 10 heteroatoms. The molecule has 3 amide bonds. The number of carbonyl (C=O) groups excluding carboxylic acids is 3. The number of rotatable bonds is 6. The number of carboxylic acid groups (broad SMARTS) is 3. The molecule has 0 spiro atoms. The van der Waals surface area contributed by atoms with Gasteiger partial charge in [0.1, 0.15) is 18.3 Å². The van der Waals surface area contributed by atoms with Gasteiger partial charge < -0.3 is 44.4 Å². The maximum Gasteiger partial charge on any atom is 4.00 e. The van der Waals surface area contributed by atoms with Crippen LogP contribution in [-0.4, -0.2) is 72.2 Å². The average molecular weight is 570 g/mol. The zero-order valence-electron chi connectivity index (χ0n) is 24.3. The van der Waals surface area contributed by atoms with Gasteiger partial charge >= 0.3 is 21.7 Å². The molecule has 9 nitrogen and oxygen atoms in total. The van der Waals surface area contributed by atoms with Crippen LogP contribution in [-0.2, 0) is 21.7 Å². The molecule has 0 atom stereocenters. The molecule has 0 unspecified atom stereocenters. The third kappa shape index (κ3) is 13.6. The van der Waals surface area contributed by atoms with Gasteiger partial charge in [-0.2, -0.15) is 5.57 Å². The second-order valence-corrected chi connectivity index (χ2v) is 8.88. The summed E-state index contributed by atoms with van der Waals surface area (Å²) in [6.07, 6.45) is 10.3. The largest absolute Gasteiger partial charge is 4.00 e. The zero-order valence-corrected chi connectivity index (χ0v) is 25.8. The van der Waals surface area contributed by atoms with E-state index in [-0.39, 0.29) is 21.7 Å². The molecule has 38 heavy (non-hydrogen) atoms. The number of amides is 3. The number of allylic oxidation sites excluding steroid dienone is 4. The zero-order chi connectivity index (χ0) is 28.4. The van der Waals surface area contributed by atoms with Gasteiger partial charge in [-0.1, -0.05) is 24.8 Å². The predicted molar refractivity (Wildman–Crippen MR) is 140 cm³/mol. The van der Waals surface area contributed by atoms with E-state index >= 15 is 0 Å². The second-order valence-electron chi connectivity index (χ2n) is 8.88. The van der Waals surface area contributed by atoms with E-state index in [0.29, 0.717) is 39.3 Å². The van der Waals surface area contributed by atoms with Gasteiger partial charge in [0.15, 0.2) is 0 Å². The molecule has 3 rings (SSSR count). The number of carbonyl (C=O) groups is 3. The first-order chi connectivity index (χ1) is 17.6. The molecule has 0 fully saturated rings. The van der Waals surface area contributed by atoms with Crippen LogP contribution in [0.5, 0.6) is 0 Å². The summed E-state index contributed by atoms with van der Waals surface area (Å²) in [5.74, 6) is 0. The summed E-state index contributed by atoms with van der Waals surface area (Å²) in [6, 6.07) is 0. The summed E-state index contributed by atoms with van der Waals surface area (Å²) in [7, 11) is 0. The minimum absolute atomic E-state index is 0. The van der Waals surface area contributed by atoms with Gasteiger partial charge in [0, 0.05) is 39.3 Å². The van der Waals surface area contributed by atoms with Crippen LogP contribution < -0.4 is 15.3 Å². The first-order valence-electron chi connectivity index (χ1n) is 13.8. The molecule has 0 aromatic rings. The summed E-state index contributed by atoms with van der Waals surface area (Å²) >= 11 is 0. The van der Waals surface area contributed by atoms with Crippen molar-refractivity contribution in [1.29, 1.82) is 0 Å². The minimum atomic E-state index is -1.09. The van der Waals surface area contributed by atoms with Crippen molar-refractivity contribution >= 4 is 18.3 Å². The summed E-state index contributed by atoms with van der Waals surface area (Å²) in [5.41, 5.74) is 7.06. The van der Waals surface area contributed by atoms with Crippen LogP contribution >= 0.6 is 0 Å². The Morgan fingerprint density at radius 1 is 0.632 bits per heavy atom. The predicted octanol–water partition coefficient (Wildman–Crippen LogP) is 2.96. The number of hydrogen-bond donors (Lipinski definition) is 0. The summed E-state index contributed by atoms with van der Waals surface area (Å²) in [6.45, 7) is 13.7. The van der Waals surface area contributed by atoms with E-state index in [1.54, 1.807) is 63.8 Å². The van der Waals surface area contributed by atoms with Crippen molar-refractivity contribution in [3.63, 3.8) is 0 Å². The van der Waals surface area contributed by atoms with Crippen molar-refractivity contribution in [2.45, 2.75) is 92.9 Å². The van der Waals surface area contributed by atoms with E-state index < -0.39 is 18.3 Å². The fourth-order valence-corrected chi connectivity index (χ4v) is 4.56. The molecule has 0 saturated carbocycles. The topological polar surface area (TPSA) is 130 Å². The van der Waals surface area contributed by atoms with E-state index in [1.165, 1.54) is 66.1 Å². The van der Waals surface area contributed by atoms with Crippen LogP contribution in [0.1, 0.15) is 92.9 Å². The Balaban J connectivity index is 0. The fourth-order valence-electron chi connectivity index (χ4n) is 4.56. The Bertz CT molecular complexity index is 690. The van der Waals surface area contributed by atoms with Crippen molar-refractivity contribution < 1.29 is 51.4 Å². The van der Waals surface area contributed by atoms with Crippen molar-refractivity contribution in [1.82, 2.24) is 14.7 Å². The molecule has 0 saturated heterocycles. The van der Waals surface area contributed by atoms with Crippen molar-refractivity contribution in [2.24, 2.45) is 0 Å². The van der Waals surface area contributed by atoms with Gasteiger partial charge in [-0.15, -0.1) is 12.0 Å². The van der Waals surface area contributed by atoms with Crippen LogP contribution in [0.15, 0.2) is 22.3 Å². The molecular formula is C28H47N3O6Ti. The molecule has 214 valence electrons. The monoisotopic (exact) mass is 569 g/mol. The van der Waals surface area contributed by atoms with E-state index in [4.69, 9.17) is 0 Å². The second kappa shape index (κ2) is 21.8. The van der Waals surface area contributed by atoms with E-state index in [9.17, 15) is 29.7 Å². The van der Waals surface area contributed by atoms with Crippen LogP contribution in [0, 0.1) is 6.42 Å². The van der Waals surface area contributed by atoms with Gasteiger partial charge in [-0.3, -0.25) is 0 Å². The molecule has 0 aromatic heterocycles. The molecule has 0 heterocycles. The molecular weight excluding hydrogens is 522 g/mol. The maximum absolute atomic E-state index is 9.98. The van der Waals surface area contributed by atoms with E-state index in [0.717, 1.165) is 0 Å². The van der Waals surface area contributed by atoms with E-state index in [2.05, 4.69) is 6.42 Å². The Morgan fingerprint density at radius 3 is 1.34 bits per heavy atom. The number of fused-ring (bicyclic) bond motifs is 1. The fraction of sp³-hybridized carbons (Fsp3) is 0.714. The normalized spacial score (nSPS) is 14.8. The number of hydrogen-bond acceptors (Lipinski definition) is 6. The Labute approximate surface area is 244 Å². The standard InChI is InChI=1S/C13H17.3C5H11NO2.Ti/c1-3-7-12-10(5-1)9-11-6-2-4-8-13(11)12;3*1-3-6(4-2)5(7)8;/h5H,1-4,6-9H2;3*3-4H2,1-2H3,(H,7,8);/q-1;;;;+4/p-3. The smallest absolute Gasteiger partial charge is 0.530 e. The van der Waals surface area contributed by atoms with Crippen LogP contribution in [0.25, 0.3) is 0 Å². The molecule has 0 N–H and O–H groups in total. The summed E-state index contributed by atoms with van der Waals surface area (Å²) in [5, 5.41) is 29.9. The number of nitrogens with zero attached hydrogens (tertiary/aromatic N) is 3. The molecule has 3 aliphatic rings. The molecule has 0 aromatic carbocycles. The molecule has 0 radical (unpaired) electrons. The van der Waals surface area contributed by atoms with Crippen molar-refractivity contribution in [3.05, 3.63) is 28.7 Å². The molecule has 3 aliphatic carbocycles.